The summed E-state index contributed by atoms with van der Waals surface area (Å²) in [5.41, 5.74) is 2.52. The molecule has 0 amide bonds. The minimum Gasteiger partial charge on any atom is -0.396 e. The molecule has 0 fully saturated rings. The number of benzene rings is 1. The first-order chi connectivity index (χ1) is 9.67. The van der Waals surface area contributed by atoms with Crippen LogP contribution in [0.2, 0.25) is 10.0 Å². The molecule has 104 valence electrons. The average Bonchev–Trinajstić information content (AvgIpc) is 2.96. The molecule has 3 nitrogen and oxygen atoms in total. The fourth-order valence-corrected chi connectivity index (χ4v) is 3.22. The monoisotopic (exact) mass is 326 g/mol. The molecule has 0 unspecified atom stereocenters. The minimum absolute atomic E-state index is 0.0159. The van der Waals surface area contributed by atoms with Crippen molar-refractivity contribution < 1.29 is 5.11 Å². The van der Waals surface area contributed by atoms with Gasteiger partial charge in [0.2, 0.25) is 0 Å². The molecule has 0 spiro atoms. The third-order valence-electron chi connectivity index (χ3n) is 3.10. The van der Waals surface area contributed by atoms with E-state index in [2.05, 4.69) is 11.1 Å². The quantitative estimate of drug-likeness (QED) is 0.894. The molecule has 0 aliphatic carbocycles. The van der Waals surface area contributed by atoms with Crippen LogP contribution in [0.3, 0.4) is 0 Å². The number of nitrogens with zero attached hydrogens (tertiary/aromatic N) is 2. The zero-order valence-corrected chi connectivity index (χ0v) is 12.8. The van der Waals surface area contributed by atoms with E-state index in [1.165, 1.54) is 11.3 Å². The van der Waals surface area contributed by atoms with E-state index in [0.717, 1.165) is 10.4 Å². The van der Waals surface area contributed by atoms with Gasteiger partial charge in [0.15, 0.2) is 0 Å². The normalized spacial score (nSPS) is 13.7. The van der Waals surface area contributed by atoms with Gasteiger partial charge in [-0.15, -0.1) is 11.3 Å². The molecule has 20 heavy (non-hydrogen) atoms. The Morgan fingerprint density at radius 3 is 2.70 bits per heavy atom. The van der Waals surface area contributed by atoms with Gasteiger partial charge >= 0.3 is 0 Å². The fourth-order valence-electron chi connectivity index (χ4n) is 2.12. The Kier molecular flexibility index (Phi) is 5.38. The van der Waals surface area contributed by atoms with Gasteiger partial charge in [0.25, 0.3) is 0 Å². The summed E-state index contributed by atoms with van der Waals surface area (Å²) < 4.78 is 0. The minimum atomic E-state index is -0.391. The highest BCUT2D eigenvalue weighted by Gasteiger charge is 2.26. The second-order valence-corrected chi connectivity index (χ2v) is 6.04. The molecule has 0 aliphatic rings. The summed E-state index contributed by atoms with van der Waals surface area (Å²) in [6, 6.07) is 7.50. The van der Waals surface area contributed by atoms with Crippen LogP contribution in [0.25, 0.3) is 0 Å². The van der Waals surface area contributed by atoms with Crippen molar-refractivity contribution in [1.82, 2.24) is 4.98 Å². The topological polar surface area (TPSA) is 56.9 Å². The van der Waals surface area contributed by atoms with Crippen LogP contribution in [0.5, 0.6) is 0 Å². The molecule has 1 heterocycles. The van der Waals surface area contributed by atoms with Crippen LogP contribution >= 0.6 is 34.5 Å². The predicted molar refractivity (Wildman–Crippen MR) is 81.4 cm³/mol. The van der Waals surface area contributed by atoms with E-state index in [1.807, 2.05) is 0 Å². The third-order valence-corrected chi connectivity index (χ3v) is 4.75. The van der Waals surface area contributed by atoms with Gasteiger partial charge in [0, 0.05) is 23.6 Å². The Balaban J connectivity index is 2.38. The van der Waals surface area contributed by atoms with E-state index in [-0.39, 0.29) is 12.5 Å². The molecule has 6 heteroatoms. The van der Waals surface area contributed by atoms with Crippen molar-refractivity contribution in [3.63, 3.8) is 0 Å². The molecule has 0 bridgehead atoms. The Morgan fingerprint density at radius 1 is 1.35 bits per heavy atom. The summed E-state index contributed by atoms with van der Waals surface area (Å²) in [6.45, 7) is 0.0159. The summed E-state index contributed by atoms with van der Waals surface area (Å²) in [6.07, 6.45) is 2.24. The van der Waals surface area contributed by atoms with Crippen LogP contribution in [0.4, 0.5) is 0 Å². The maximum absolute atomic E-state index is 9.51. The lowest BCUT2D eigenvalue weighted by Gasteiger charge is -2.20. The molecule has 2 atom stereocenters. The molecule has 1 aromatic heterocycles. The van der Waals surface area contributed by atoms with E-state index in [1.54, 1.807) is 29.9 Å². The number of nitriles is 1. The Hall–Kier alpha value is -1.12. The van der Waals surface area contributed by atoms with Crippen LogP contribution in [-0.4, -0.2) is 16.7 Å². The number of thiazole rings is 1. The van der Waals surface area contributed by atoms with Crippen LogP contribution < -0.4 is 0 Å². The van der Waals surface area contributed by atoms with Gasteiger partial charge in [-0.1, -0.05) is 29.3 Å². The van der Waals surface area contributed by atoms with Crippen LogP contribution in [-0.2, 0) is 0 Å². The lowest BCUT2D eigenvalue weighted by atomic mass is 9.84. The van der Waals surface area contributed by atoms with E-state index >= 15 is 0 Å². The van der Waals surface area contributed by atoms with Gasteiger partial charge in [0.05, 0.1) is 27.5 Å². The Bertz CT molecular complexity index is 610. The number of aromatic nitrogens is 1. The number of aliphatic hydroxyl groups excluding tert-OH is 1. The lowest BCUT2D eigenvalue weighted by molar-refractivity contribution is 0.273. The van der Waals surface area contributed by atoms with Crippen molar-refractivity contribution in [3.8, 4) is 6.07 Å². The van der Waals surface area contributed by atoms with Crippen molar-refractivity contribution >= 4 is 34.5 Å². The van der Waals surface area contributed by atoms with Gasteiger partial charge in [-0.3, -0.25) is 4.98 Å². The molecular formula is C14H12Cl2N2OS. The summed E-state index contributed by atoms with van der Waals surface area (Å²) >= 11 is 13.4. The molecule has 0 saturated heterocycles. The molecular weight excluding hydrogens is 315 g/mol. The summed E-state index contributed by atoms with van der Waals surface area (Å²) in [5.74, 6) is -0.493. The van der Waals surface area contributed by atoms with Crippen molar-refractivity contribution in [2.75, 3.05) is 6.61 Å². The van der Waals surface area contributed by atoms with Crippen LogP contribution in [0.1, 0.15) is 28.7 Å². The first-order valence-corrected chi connectivity index (χ1v) is 7.64. The summed E-state index contributed by atoms with van der Waals surface area (Å²) in [5, 5.41) is 19.7. The molecule has 0 radical (unpaired) electrons. The third kappa shape index (κ3) is 3.31. The molecule has 1 aromatic carbocycles. The highest BCUT2D eigenvalue weighted by atomic mass is 35.5. The maximum atomic E-state index is 9.51. The van der Waals surface area contributed by atoms with Crippen molar-refractivity contribution in [3.05, 3.63) is 50.4 Å². The lowest BCUT2D eigenvalue weighted by Crippen LogP contribution is -2.10. The maximum Gasteiger partial charge on any atom is 0.0794 e. The molecule has 0 saturated carbocycles. The van der Waals surface area contributed by atoms with Gasteiger partial charge in [-0.05, 0) is 24.1 Å². The zero-order chi connectivity index (χ0) is 14.5. The van der Waals surface area contributed by atoms with Gasteiger partial charge in [0.1, 0.15) is 0 Å². The highest BCUT2D eigenvalue weighted by molar-refractivity contribution is 7.09. The Labute approximate surface area is 131 Å². The zero-order valence-electron chi connectivity index (χ0n) is 10.5. The first-order valence-electron chi connectivity index (χ1n) is 6.01. The van der Waals surface area contributed by atoms with Gasteiger partial charge in [-0.25, -0.2) is 0 Å². The molecule has 2 aromatic rings. The average molecular weight is 327 g/mol. The summed E-state index contributed by atoms with van der Waals surface area (Å²) in [4.78, 5) is 5.03. The van der Waals surface area contributed by atoms with Gasteiger partial charge in [-0.2, -0.15) is 5.26 Å². The van der Waals surface area contributed by atoms with Crippen molar-refractivity contribution in [2.24, 2.45) is 0 Å². The first kappa shape index (κ1) is 15.3. The standard InChI is InChI=1S/C14H12Cl2N2OS/c15-12-2-1-9(5-13(12)16)11(6-17)10(3-4-19)14-7-18-8-20-14/h1-2,5,7-8,10-11,19H,3-4H2/t10-,11+/m0/s1. The Morgan fingerprint density at radius 2 is 2.15 bits per heavy atom. The van der Waals surface area contributed by atoms with Crippen LogP contribution in [0, 0.1) is 11.3 Å². The SMILES string of the molecule is N#C[C@H](c1ccc(Cl)c(Cl)c1)[C@H](CCO)c1cncs1. The molecule has 0 aliphatic heterocycles. The van der Waals surface area contributed by atoms with Gasteiger partial charge < -0.3 is 5.11 Å². The predicted octanol–water partition coefficient (Wildman–Crippen LogP) is 4.22. The second kappa shape index (κ2) is 7.05. The van der Waals surface area contributed by atoms with E-state index in [4.69, 9.17) is 23.2 Å². The van der Waals surface area contributed by atoms with E-state index < -0.39 is 5.92 Å². The van der Waals surface area contributed by atoms with E-state index in [0.29, 0.717) is 16.5 Å². The summed E-state index contributed by atoms with van der Waals surface area (Å²) in [7, 11) is 0. The highest BCUT2D eigenvalue weighted by Crippen LogP contribution is 2.38. The molecule has 2 rings (SSSR count). The number of hydrogen-bond acceptors (Lipinski definition) is 4. The number of rotatable bonds is 5. The smallest absolute Gasteiger partial charge is 0.0794 e. The van der Waals surface area contributed by atoms with Crippen molar-refractivity contribution in [2.45, 2.75) is 18.3 Å². The number of hydrogen-bond donors (Lipinski definition) is 1. The number of halogens is 2. The van der Waals surface area contributed by atoms with Crippen molar-refractivity contribution in [1.29, 1.82) is 5.26 Å². The largest absolute Gasteiger partial charge is 0.396 e. The molecule has 1 N–H and O–H groups in total. The number of aliphatic hydroxyl groups is 1. The fraction of sp³-hybridized carbons (Fsp3) is 0.286. The van der Waals surface area contributed by atoms with E-state index in [9.17, 15) is 10.4 Å². The van der Waals surface area contributed by atoms with Crippen LogP contribution in [0.15, 0.2) is 29.9 Å². The second-order valence-electron chi connectivity index (χ2n) is 4.30.